The van der Waals surface area contributed by atoms with Gasteiger partial charge in [-0.2, -0.15) is 0 Å². The van der Waals surface area contributed by atoms with Gasteiger partial charge < -0.3 is 4.74 Å². The third-order valence-electron chi connectivity index (χ3n) is 3.39. The first-order valence-electron chi connectivity index (χ1n) is 6.22. The lowest BCUT2D eigenvalue weighted by molar-refractivity contribution is 0.103. The van der Waals surface area contributed by atoms with E-state index < -0.39 is 0 Å². The van der Waals surface area contributed by atoms with E-state index in [1.54, 1.807) is 18.2 Å². The van der Waals surface area contributed by atoms with E-state index in [4.69, 9.17) is 16.3 Å². The van der Waals surface area contributed by atoms with Crippen LogP contribution in [0, 0.1) is 6.92 Å². The summed E-state index contributed by atoms with van der Waals surface area (Å²) in [5, 5.41) is 0.642. The van der Waals surface area contributed by atoms with Gasteiger partial charge in [0, 0.05) is 17.0 Å². The predicted molar refractivity (Wildman–Crippen MR) is 75.3 cm³/mol. The van der Waals surface area contributed by atoms with Crippen LogP contribution in [0.1, 0.15) is 27.0 Å². The summed E-state index contributed by atoms with van der Waals surface area (Å²) in [5.74, 6) is 0.731. The number of hydrogen-bond donors (Lipinski definition) is 0. The second-order valence-corrected chi connectivity index (χ2v) is 5.12. The van der Waals surface area contributed by atoms with Crippen LogP contribution in [-0.4, -0.2) is 12.4 Å². The van der Waals surface area contributed by atoms with E-state index in [1.807, 2.05) is 25.1 Å². The summed E-state index contributed by atoms with van der Waals surface area (Å²) in [6.07, 6.45) is 0.871. The molecule has 0 saturated heterocycles. The topological polar surface area (TPSA) is 26.3 Å². The Morgan fingerprint density at radius 2 is 2.05 bits per heavy atom. The van der Waals surface area contributed by atoms with Crippen molar-refractivity contribution in [3.8, 4) is 5.75 Å². The molecular formula is C16H13ClO2. The second kappa shape index (κ2) is 4.71. The molecule has 0 aromatic heterocycles. The van der Waals surface area contributed by atoms with Crippen molar-refractivity contribution in [2.24, 2.45) is 0 Å². The summed E-state index contributed by atoms with van der Waals surface area (Å²) in [6.45, 7) is 2.54. The minimum Gasteiger partial charge on any atom is -0.492 e. The van der Waals surface area contributed by atoms with Crippen molar-refractivity contribution in [1.82, 2.24) is 0 Å². The molecule has 1 aliphatic heterocycles. The molecule has 1 heterocycles. The molecule has 0 fully saturated rings. The number of ketones is 1. The fourth-order valence-electron chi connectivity index (χ4n) is 2.42. The van der Waals surface area contributed by atoms with E-state index in [0.717, 1.165) is 23.3 Å². The number of para-hydroxylation sites is 1. The van der Waals surface area contributed by atoms with E-state index in [2.05, 4.69) is 0 Å². The number of carbonyl (C=O) groups is 1. The van der Waals surface area contributed by atoms with Crippen LogP contribution in [0.25, 0.3) is 0 Å². The molecule has 0 saturated carbocycles. The van der Waals surface area contributed by atoms with Gasteiger partial charge in [-0.1, -0.05) is 23.7 Å². The monoisotopic (exact) mass is 272 g/mol. The van der Waals surface area contributed by atoms with Gasteiger partial charge in [0.1, 0.15) is 5.75 Å². The van der Waals surface area contributed by atoms with Crippen LogP contribution in [0.5, 0.6) is 5.75 Å². The van der Waals surface area contributed by atoms with Crippen LogP contribution in [0.4, 0.5) is 0 Å². The molecule has 0 N–H and O–H groups in total. The molecule has 0 unspecified atom stereocenters. The maximum Gasteiger partial charge on any atom is 0.197 e. The van der Waals surface area contributed by atoms with Gasteiger partial charge >= 0.3 is 0 Å². The highest BCUT2D eigenvalue weighted by Gasteiger charge is 2.22. The van der Waals surface area contributed by atoms with Gasteiger partial charge in [0.2, 0.25) is 0 Å². The quantitative estimate of drug-likeness (QED) is 0.777. The zero-order valence-electron chi connectivity index (χ0n) is 10.6. The Morgan fingerprint density at radius 1 is 1.21 bits per heavy atom. The smallest absolute Gasteiger partial charge is 0.197 e. The van der Waals surface area contributed by atoms with Gasteiger partial charge in [-0.05, 0) is 42.3 Å². The van der Waals surface area contributed by atoms with Gasteiger partial charge in [0.15, 0.2) is 5.78 Å². The van der Waals surface area contributed by atoms with Crippen LogP contribution in [0.2, 0.25) is 5.02 Å². The first kappa shape index (κ1) is 12.2. The summed E-state index contributed by atoms with van der Waals surface area (Å²) < 4.78 is 5.59. The van der Waals surface area contributed by atoms with Gasteiger partial charge in [0.05, 0.1) is 12.2 Å². The fourth-order valence-corrected chi connectivity index (χ4v) is 2.65. The van der Waals surface area contributed by atoms with Gasteiger partial charge in [0.25, 0.3) is 0 Å². The summed E-state index contributed by atoms with van der Waals surface area (Å²) in [5.41, 5.74) is 3.30. The Hall–Kier alpha value is -1.80. The SMILES string of the molecule is Cc1cc(Cl)ccc1C(=O)c1cccc2c1OCC2. The van der Waals surface area contributed by atoms with Crippen molar-refractivity contribution >= 4 is 17.4 Å². The molecule has 3 rings (SSSR count). The van der Waals surface area contributed by atoms with Gasteiger partial charge in [-0.25, -0.2) is 0 Å². The summed E-state index contributed by atoms with van der Waals surface area (Å²) in [7, 11) is 0. The van der Waals surface area contributed by atoms with Crippen molar-refractivity contribution in [3.63, 3.8) is 0 Å². The maximum absolute atomic E-state index is 12.6. The summed E-state index contributed by atoms with van der Waals surface area (Å²) in [4.78, 5) is 12.6. The highest BCUT2D eigenvalue weighted by Crippen LogP contribution is 2.31. The van der Waals surface area contributed by atoms with Crippen LogP contribution >= 0.6 is 11.6 Å². The molecule has 0 amide bonds. The number of benzene rings is 2. The van der Waals surface area contributed by atoms with Gasteiger partial charge in [-0.15, -0.1) is 0 Å². The first-order chi connectivity index (χ1) is 9.16. The first-order valence-corrected chi connectivity index (χ1v) is 6.60. The molecule has 0 radical (unpaired) electrons. The van der Waals surface area contributed by atoms with Crippen molar-refractivity contribution in [3.05, 3.63) is 63.7 Å². The largest absolute Gasteiger partial charge is 0.492 e. The van der Waals surface area contributed by atoms with Gasteiger partial charge in [-0.3, -0.25) is 4.79 Å². The zero-order valence-corrected chi connectivity index (χ0v) is 11.3. The van der Waals surface area contributed by atoms with E-state index >= 15 is 0 Å². The third kappa shape index (κ3) is 2.13. The Labute approximate surface area is 117 Å². The number of halogens is 1. The average Bonchev–Trinajstić information content (AvgIpc) is 2.86. The molecule has 19 heavy (non-hydrogen) atoms. The van der Waals surface area contributed by atoms with E-state index in [9.17, 15) is 4.79 Å². The van der Waals surface area contributed by atoms with Crippen LogP contribution < -0.4 is 4.74 Å². The Kier molecular flexibility index (Phi) is 3.03. The highest BCUT2D eigenvalue weighted by molar-refractivity contribution is 6.30. The minimum atomic E-state index is -0.00656. The molecule has 0 aliphatic carbocycles. The fraction of sp³-hybridized carbons (Fsp3) is 0.188. The van der Waals surface area contributed by atoms with Crippen molar-refractivity contribution in [2.75, 3.05) is 6.61 Å². The molecule has 96 valence electrons. The molecule has 2 aromatic carbocycles. The number of carbonyl (C=O) groups excluding carboxylic acids is 1. The number of fused-ring (bicyclic) bond motifs is 1. The maximum atomic E-state index is 12.6. The van der Waals surface area contributed by atoms with Crippen LogP contribution in [0.3, 0.4) is 0 Å². The average molecular weight is 273 g/mol. The van der Waals surface area contributed by atoms with Crippen molar-refractivity contribution in [1.29, 1.82) is 0 Å². The number of ether oxygens (including phenoxy) is 1. The van der Waals surface area contributed by atoms with Crippen LogP contribution in [0.15, 0.2) is 36.4 Å². The standard InChI is InChI=1S/C16H13ClO2/c1-10-9-12(17)5-6-13(10)15(18)14-4-2-3-11-7-8-19-16(11)14/h2-6,9H,7-8H2,1H3. The normalized spacial score (nSPS) is 12.9. The lowest BCUT2D eigenvalue weighted by atomic mass is 9.97. The lowest BCUT2D eigenvalue weighted by Crippen LogP contribution is -2.05. The van der Waals surface area contributed by atoms with E-state index in [0.29, 0.717) is 22.8 Å². The molecule has 0 spiro atoms. The number of aryl methyl sites for hydroxylation is 1. The summed E-state index contributed by atoms with van der Waals surface area (Å²) in [6, 6.07) is 11.1. The second-order valence-electron chi connectivity index (χ2n) is 4.68. The number of hydrogen-bond acceptors (Lipinski definition) is 2. The van der Waals surface area contributed by atoms with E-state index in [1.165, 1.54) is 0 Å². The Morgan fingerprint density at radius 3 is 2.84 bits per heavy atom. The molecule has 2 nitrogen and oxygen atoms in total. The van der Waals surface area contributed by atoms with Crippen LogP contribution in [-0.2, 0) is 6.42 Å². The Bertz CT molecular complexity index is 662. The summed E-state index contributed by atoms with van der Waals surface area (Å²) >= 11 is 5.93. The molecular weight excluding hydrogens is 260 g/mol. The minimum absolute atomic E-state index is 0.00656. The molecule has 0 atom stereocenters. The predicted octanol–water partition coefficient (Wildman–Crippen LogP) is 3.81. The molecule has 1 aliphatic rings. The zero-order chi connectivity index (χ0) is 13.4. The van der Waals surface area contributed by atoms with E-state index in [-0.39, 0.29) is 5.78 Å². The van der Waals surface area contributed by atoms with Crippen molar-refractivity contribution in [2.45, 2.75) is 13.3 Å². The molecule has 2 aromatic rings. The number of rotatable bonds is 2. The molecule has 3 heteroatoms. The molecule has 0 bridgehead atoms. The highest BCUT2D eigenvalue weighted by atomic mass is 35.5. The van der Waals surface area contributed by atoms with Crippen molar-refractivity contribution < 1.29 is 9.53 Å². The third-order valence-corrected chi connectivity index (χ3v) is 3.63. The Balaban J connectivity index is 2.08. The lowest BCUT2D eigenvalue weighted by Gasteiger charge is -2.09.